The molecule has 0 heterocycles. The van der Waals surface area contributed by atoms with Crippen LogP contribution in [0.25, 0.3) is 0 Å². The molecule has 2 unspecified atom stereocenters. The molecule has 3 N–H and O–H groups in total. The lowest BCUT2D eigenvalue weighted by Crippen LogP contribution is -2.01. The number of aliphatic carboxylic acids is 1. The summed E-state index contributed by atoms with van der Waals surface area (Å²) in [6, 6.07) is 0. The fourth-order valence-corrected chi connectivity index (χ4v) is 2.16. The van der Waals surface area contributed by atoms with E-state index in [1.807, 2.05) is 48.6 Å². The maximum absolute atomic E-state index is 10.4. The Labute approximate surface area is 157 Å². The van der Waals surface area contributed by atoms with Gasteiger partial charge in [-0.1, -0.05) is 80.5 Å². The number of aliphatic hydroxyl groups is 2. The average Bonchev–Trinajstić information content (AvgIpc) is 2.60. The Bertz CT molecular complexity index is 486. The molecule has 0 bridgehead atoms. The summed E-state index contributed by atoms with van der Waals surface area (Å²) in [4.78, 5) is 10.4. The average molecular weight is 363 g/mol. The molecule has 0 saturated carbocycles. The van der Waals surface area contributed by atoms with Crippen molar-refractivity contribution in [3.8, 4) is 0 Å². The molecule has 0 rings (SSSR count). The van der Waals surface area contributed by atoms with Crippen molar-refractivity contribution in [1.82, 2.24) is 0 Å². The summed E-state index contributed by atoms with van der Waals surface area (Å²) in [5, 5.41) is 28.0. The first-order valence-corrected chi connectivity index (χ1v) is 9.45. The second kappa shape index (κ2) is 17.9. The van der Waals surface area contributed by atoms with Gasteiger partial charge in [0.15, 0.2) is 0 Å². The van der Waals surface area contributed by atoms with Crippen LogP contribution in [0.15, 0.2) is 60.8 Å². The van der Waals surface area contributed by atoms with Gasteiger partial charge < -0.3 is 15.3 Å². The minimum absolute atomic E-state index is 0.201. The standard InChI is InChI=1S/C22H34O4/c1-2-3-10-15-20(23)16-11-7-5-4-6-8-12-17-21(24)18-13-9-14-19-22(25)26/h3,5-8,10-12,16-17,20-21,23-24H,2,4,9,13-15,18-19H2,1H3,(H,25,26)/b7-5+,8-6+,10-3-,16-11+,17-12-. The van der Waals surface area contributed by atoms with Gasteiger partial charge in [-0.2, -0.15) is 0 Å². The molecule has 4 nitrogen and oxygen atoms in total. The molecule has 0 saturated heterocycles. The first-order chi connectivity index (χ1) is 12.6. The van der Waals surface area contributed by atoms with Crippen molar-refractivity contribution in [3.05, 3.63) is 60.8 Å². The first-order valence-electron chi connectivity index (χ1n) is 9.45. The molecule has 0 aromatic rings. The van der Waals surface area contributed by atoms with Gasteiger partial charge in [0.2, 0.25) is 0 Å². The molecule has 146 valence electrons. The second-order valence-electron chi connectivity index (χ2n) is 6.10. The number of hydrogen-bond acceptors (Lipinski definition) is 3. The van der Waals surface area contributed by atoms with Gasteiger partial charge in [-0.25, -0.2) is 0 Å². The fourth-order valence-electron chi connectivity index (χ4n) is 2.16. The van der Waals surface area contributed by atoms with Crippen LogP contribution in [0.2, 0.25) is 0 Å². The molecular formula is C22H34O4. The van der Waals surface area contributed by atoms with Crippen LogP contribution in [0.1, 0.15) is 58.3 Å². The number of rotatable bonds is 15. The molecule has 4 heteroatoms. The molecule has 0 amide bonds. The van der Waals surface area contributed by atoms with Crippen LogP contribution in [-0.4, -0.2) is 33.5 Å². The van der Waals surface area contributed by atoms with E-state index in [1.54, 1.807) is 12.2 Å². The number of carbonyl (C=O) groups is 1. The fraction of sp³-hybridized carbons (Fsp3) is 0.500. The zero-order valence-corrected chi connectivity index (χ0v) is 15.8. The molecule has 0 aliphatic carbocycles. The molecule has 0 spiro atoms. The molecule has 26 heavy (non-hydrogen) atoms. The minimum Gasteiger partial charge on any atom is -0.481 e. The Kier molecular flexibility index (Phi) is 16.6. The highest BCUT2D eigenvalue weighted by Gasteiger charge is 2.00. The molecule has 0 aliphatic rings. The molecule has 0 aromatic carbocycles. The SMILES string of the molecule is CC/C=C\CC(O)/C=C/C=C/C/C=C/C=C\C(O)CCCCCC(=O)O. The third-order valence-corrected chi connectivity index (χ3v) is 3.60. The van der Waals surface area contributed by atoms with Crippen LogP contribution < -0.4 is 0 Å². The summed E-state index contributed by atoms with van der Waals surface area (Å²) >= 11 is 0. The summed E-state index contributed by atoms with van der Waals surface area (Å²) < 4.78 is 0. The van der Waals surface area contributed by atoms with Crippen molar-refractivity contribution in [2.24, 2.45) is 0 Å². The number of carboxylic acids is 1. The van der Waals surface area contributed by atoms with E-state index in [0.29, 0.717) is 19.3 Å². The van der Waals surface area contributed by atoms with E-state index in [2.05, 4.69) is 6.92 Å². The third-order valence-electron chi connectivity index (χ3n) is 3.60. The molecule has 0 fully saturated rings. The van der Waals surface area contributed by atoms with E-state index >= 15 is 0 Å². The zero-order chi connectivity index (χ0) is 19.5. The van der Waals surface area contributed by atoms with Crippen molar-refractivity contribution >= 4 is 5.97 Å². The van der Waals surface area contributed by atoms with Gasteiger partial charge in [0.25, 0.3) is 0 Å². The Morgan fingerprint density at radius 1 is 0.846 bits per heavy atom. The van der Waals surface area contributed by atoms with E-state index in [1.165, 1.54) is 0 Å². The van der Waals surface area contributed by atoms with Crippen LogP contribution in [-0.2, 0) is 4.79 Å². The van der Waals surface area contributed by atoms with Crippen LogP contribution in [0.3, 0.4) is 0 Å². The van der Waals surface area contributed by atoms with Crippen LogP contribution in [0, 0.1) is 0 Å². The molecule has 0 aromatic heterocycles. The Hall–Kier alpha value is -1.91. The normalized spacial score (nSPS) is 15.2. The predicted molar refractivity (Wildman–Crippen MR) is 108 cm³/mol. The predicted octanol–water partition coefficient (Wildman–Crippen LogP) is 4.71. The number of aliphatic hydroxyl groups excluding tert-OH is 2. The molecule has 2 atom stereocenters. The van der Waals surface area contributed by atoms with E-state index < -0.39 is 18.2 Å². The van der Waals surface area contributed by atoms with Crippen molar-refractivity contribution in [3.63, 3.8) is 0 Å². The largest absolute Gasteiger partial charge is 0.481 e. The van der Waals surface area contributed by atoms with Crippen LogP contribution in [0.5, 0.6) is 0 Å². The number of hydrogen-bond donors (Lipinski definition) is 3. The van der Waals surface area contributed by atoms with Gasteiger partial charge in [-0.05, 0) is 32.1 Å². The highest BCUT2D eigenvalue weighted by Crippen LogP contribution is 2.07. The lowest BCUT2D eigenvalue weighted by atomic mass is 10.1. The van der Waals surface area contributed by atoms with Crippen LogP contribution >= 0.6 is 0 Å². The van der Waals surface area contributed by atoms with Crippen molar-refractivity contribution in [2.45, 2.75) is 70.5 Å². The summed E-state index contributed by atoms with van der Waals surface area (Å²) in [7, 11) is 0. The minimum atomic E-state index is -0.763. The number of allylic oxidation sites excluding steroid dienone is 7. The van der Waals surface area contributed by atoms with E-state index in [-0.39, 0.29) is 6.42 Å². The highest BCUT2D eigenvalue weighted by molar-refractivity contribution is 5.66. The van der Waals surface area contributed by atoms with Gasteiger partial charge in [-0.3, -0.25) is 4.79 Å². The summed E-state index contributed by atoms with van der Waals surface area (Å²) in [6.07, 6.45) is 23.7. The second-order valence-corrected chi connectivity index (χ2v) is 6.10. The summed E-state index contributed by atoms with van der Waals surface area (Å²) in [5.74, 6) is -0.763. The highest BCUT2D eigenvalue weighted by atomic mass is 16.4. The Balaban J connectivity index is 3.76. The lowest BCUT2D eigenvalue weighted by Gasteiger charge is -2.03. The van der Waals surface area contributed by atoms with Gasteiger partial charge in [0, 0.05) is 6.42 Å². The third kappa shape index (κ3) is 18.4. The number of unbranched alkanes of at least 4 members (excludes halogenated alkanes) is 2. The maximum atomic E-state index is 10.4. The summed E-state index contributed by atoms with van der Waals surface area (Å²) in [6.45, 7) is 2.07. The number of carboxylic acid groups (broad SMARTS) is 1. The molecular weight excluding hydrogens is 328 g/mol. The molecule has 0 aliphatic heterocycles. The van der Waals surface area contributed by atoms with Gasteiger partial charge in [-0.15, -0.1) is 0 Å². The van der Waals surface area contributed by atoms with Crippen molar-refractivity contribution in [2.75, 3.05) is 0 Å². The Morgan fingerprint density at radius 2 is 1.50 bits per heavy atom. The first kappa shape index (κ1) is 24.1. The van der Waals surface area contributed by atoms with Gasteiger partial charge in [0.05, 0.1) is 12.2 Å². The monoisotopic (exact) mass is 362 g/mol. The smallest absolute Gasteiger partial charge is 0.303 e. The van der Waals surface area contributed by atoms with Crippen molar-refractivity contribution in [1.29, 1.82) is 0 Å². The Morgan fingerprint density at radius 3 is 2.12 bits per heavy atom. The van der Waals surface area contributed by atoms with Crippen LogP contribution in [0.4, 0.5) is 0 Å². The molecule has 0 radical (unpaired) electrons. The lowest BCUT2D eigenvalue weighted by molar-refractivity contribution is -0.137. The quantitative estimate of drug-likeness (QED) is 0.224. The van der Waals surface area contributed by atoms with Gasteiger partial charge >= 0.3 is 5.97 Å². The van der Waals surface area contributed by atoms with E-state index in [9.17, 15) is 15.0 Å². The van der Waals surface area contributed by atoms with Crippen molar-refractivity contribution < 1.29 is 20.1 Å². The van der Waals surface area contributed by atoms with Gasteiger partial charge in [0.1, 0.15) is 0 Å². The van der Waals surface area contributed by atoms with E-state index in [0.717, 1.165) is 25.7 Å². The topological polar surface area (TPSA) is 77.8 Å². The van der Waals surface area contributed by atoms with E-state index in [4.69, 9.17) is 5.11 Å². The maximum Gasteiger partial charge on any atom is 0.303 e. The zero-order valence-electron chi connectivity index (χ0n) is 15.8. The summed E-state index contributed by atoms with van der Waals surface area (Å²) in [5.41, 5.74) is 0.